The maximum Gasteiger partial charge on any atom is 0.240 e. The van der Waals surface area contributed by atoms with E-state index in [-0.39, 0.29) is 18.5 Å². The molecule has 25 heavy (non-hydrogen) atoms. The van der Waals surface area contributed by atoms with Gasteiger partial charge in [0.2, 0.25) is 11.0 Å². The van der Waals surface area contributed by atoms with Crippen LogP contribution in [0.4, 0.5) is 5.13 Å². The van der Waals surface area contributed by atoms with Crippen molar-refractivity contribution in [2.45, 2.75) is 19.6 Å². The minimum absolute atomic E-state index is 0.0802. The Hall–Kier alpha value is -2.29. The van der Waals surface area contributed by atoms with Crippen molar-refractivity contribution in [3.05, 3.63) is 41.0 Å². The standard InChI is InChI=1S/C17H21N5O2S/c1-11(14-8-12-6-4-5-7-13(12)18-14)22(2)9-15(23)19-17-21-20-16(25-17)10-24-3/h4-8,11,18H,9-10H2,1-3H3,(H,19,21,23)/t11-/m0/s1. The van der Waals surface area contributed by atoms with Crippen molar-refractivity contribution >= 4 is 33.3 Å². The number of aromatic amines is 1. The van der Waals surface area contributed by atoms with Crippen molar-refractivity contribution < 1.29 is 9.53 Å². The Morgan fingerprint density at radius 1 is 1.40 bits per heavy atom. The summed E-state index contributed by atoms with van der Waals surface area (Å²) in [7, 11) is 3.52. The molecule has 0 aliphatic heterocycles. The topological polar surface area (TPSA) is 83.1 Å². The van der Waals surface area contributed by atoms with Crippen LogP contribution in [0.3, 0.4) is 0 Å². The predicted molar refractivity (Wildman–Crippen MR) is 98.6 cm³/mol. The van der Waals surface area contributed by atoms with Gasteiger partial charge in [0.05, 0.1) is 6.54 Å². The first-order valence-electron chi connectivity index (χ1n) is 7.96. The summed E-state index contributed by atoms with van der Waals surface area (Å²) in [6.07, 6.45) is 0. The summed E-state index contributed by atoms with van der Waals surface area (Å²) >= 11 is 1.32. The number of methoxy groups -OCH3 is 1. The molecule has 1 aromatic carbocycles. The van der Waals surface area contributed by atoms with Crippen LogP contribution in [-0.4, -0.2) is 46.7 Å². The monoisotopic (exact) mass is 359 g/mol. The lowest BCUT2D eigenvalue weighted by atomic mass is 10.2. The smallest absolute Gasteiger partial charge is 0.240 e. The number of benzene rings is 1. The van der Waals surface area contributed by atoms with E-state index in [1.54, 1.807) is 7.11 Å². The molecule has 0 radical (unpaired) electrons. The van der Waals surface area contributed by atoms with Crippen molar-refractivity contribution in [1.82, 2.24) is 20.1 Å². The number of para-hydroxylation sites is 1. The molecule has 2 N–H and O–H groups in total. The molecule has 0 spiro atoms. The Morgan fingerprint density at radius 2 is 2.20 bits per heavy atom. The Balaban J connectivity index is 1.60. The van der Waals surface area contributed by atoms with Crippen LogP contribution in [0, 0.1) is 0 Å². The van der Waals surface area contributed by atoms with E-state index < -0.39 is 0 Å². The second kappa shape index (κ2) is 7.73. The number of carbonyl (C=O) groups excluding carboxylic acids is 1. The molecule has 0 saturated carbocycles. The lowest BCUT2D eigenvalue weighted by Crippen LogP contribution is -2.32. The SMILES string of the molecule is COCc1nnc(NC(=O)CN(C)[C@@H](C)c2cc3ccccc3[nH]2)s1. The van der Waals surface area contributed by atoms with Crippen LogP contribution in [0.1, 0.15) is 23.7 Å². The number of anilines is 1. The zero-order valence-electron chi connectivity index (χ0n) is 14.4. The Kier molecular flexibility index (Phi) is 5.42. The summed E-state index contributed by atoms with van der Waals surface area (Å²) in [5.41, 5.74) is 2.18. The molecule has 1 amide bonds. The van der Waals surface area contributed by atoms with E-state index in [4.69, 9.17) is 4.74 Å². The zero-order chi connectivity index (χ0) is 17.8. The van der Waals surface area contributed by atoms with Crippen molar-refractivity contribution in [3.63, 3.8) is 0 Å². The molecule has 7 nitrogen and oxygen atoms in total. The number of ether oxygens (including phenoxy) is 1. The second-order valence-corrected chi connectivity index (χ2v) is 6.95. The molecule has 1 atom stereocenters. The van der Waals surface area contributed by atoms with Gasteiger partial charge < -0.3 is 9.72 Å². The number of fused-ring (bicyclic) bond motifs is 1. The Morgan fingerprint density at radius 3 is 2.96 bits per heavy atom. The lowest BCUT2D eigenvalue weighted by Gasteiger charge is -2.22. The minimum Gasteiger partial charge on any atom is -0.377 e. The normalized spacial score (nSPS) is 12.6. The van der Waals surface area contributed by atoms with E-state index in [2.05, 4.69) is 39.6 Å². The van der Waals surface area contributed by atoms with E-state index in [9.17, 15) is 4.79 Å². The van der Waals surface area contributed by atoms with E-state index in [1.807, 2.05) is 30.1 Å². The number of aromatic nitrogens is 3. The van der Waals surface area contributed by atoms with Crippen LogP contribution < -0.4 is 5.32 Å². The number of amides is 1. The van der Waals surface area contributed by atoms with Gasteiger partial charge in [0.25, 0.3) is 0 Å². The maximum absolute atomic E-state index is 12.2. The molecule has 3 aromatic rings. The first-order valence-corrected chi connectivity index (χ1v) is 8.77. The molecule has 132 valence electrons. The molecule has 0 fully saturated rings. The average Bonchev–Trinajstić information content (AvgIpc) is 3.20. The van der Waals surface area contributed by atoms with Crippen molar-refractivity contribution in [3.8, 4) is 0 Å². The van der Waals surface area contributed by atoms with Gasteiger partial charge in [-0.3, -0.25) is 15.0 Å². The third-order valence-electron chi connectivity index (χ3n) is 4.04. The van der Waals surface area contributed by atoms with Gasteiger partial charge in [0.1, 0.15) is 11.6 Å². The van der Waals surface area contributed by atoms with E-state index >= 15 is 0 Å². The molecule has 3 rings (SSSR count). The number of likely N-dealkylation sites (N-methyl/N-ethyl adjacent to an activating group) is 1. The highest BCUT2D eigenvalue weighted by molar-refractivity contribution is 7.15. The Labute approximate surface area is 150 Å². The molecular weight excluding hydrogens is 338 g/mol. The number of nitrogens with one attached hydrogen (secondary N) is 2. The van der Waals surface area contributed by atoms with Gasteiger partial charge in [-0.15, -0.1) is 10.2 Å². The van der Waals surface area contributed by atoms with Gasteiger partial charge in [-0.05, 0) is 31.5 Å². The molecule has 0 unspecified atom stereocenters. The quantitative estimate of drug-likeness (QED) is 0.678. The second-order valence-electron chi connectivity index (χ2n) is 5.89. The highest BCUT2D eigenvalue weighted by Crippen LogP contribution is 2.23. The average molecular weight is 359 g/mol. The molecule has 0 saturated heterocycles. The van der Waals surface area contributed by atoms with Crippen LogP contribution in [0.15, 0.2) is 30.3 Å². The van der Waals surface area contributed by atoms with Gasteiger partial charge in [0, 0.05) is 24.4 Å². The summed E-state index contributed by atoms with van der Waals surface area (Å²) in [4.78, 5) is 17.6. The Bertz CT molecular complexity index is 826. The van der Waals surface area contributed by atoms with Crippen LogP contribution in [-0.2, 0) is 16.1 Å². The van der Waals surface area contributed by atoms with Gasteiger partial charge in [-0.2, -0.15) is 0 Å². The first-order chi connectivity index (χ1) is 12.1. The molecule has 0 aliphatic rings. The molecule has 8 heteroatoms. The summed E-state index contributed by atoms with van der Waals surface area (Å²) < 4.78 is 5.00. The number of rotatable bonds is 7. The molecule has 0 aliphatic carbocycles. The van der Waals surface area contributed by atoms with Crippen LogP contribution >= 0.6 is 11.3 Å². The van der Waals surface area contributed by atoms with Crippen LogP contribution in [0.5, 0.6) is 0 Å². The molecule has 0 bridgehead atoms. The molecule has 2 aromatic heterocycles. The third-order valence-corrected chi connectivity index (χ3v) is 4.85. The van der Waals surface area contributed by atoms with Gasteiger partial charge in [-0.1, -0.05) is 29.5 Å². The number of hydrogen-bond donors (Lipinski definition) is 2. The molecular formula is C17H21N5O2S. The summed E-state index contributed by atoms with van der Waals surface area (Å²) in [6.45, 7) is 2.72. The van der Waals surface area contributed by atoms with E-state index in [0.29, 0.717) is 11.7 Å². The minimum atomic E-state index is -0.120. The lowest BCUT2D eigenvalue weighted by molar-refractivity contribution is -0.117. The third kappa shape index (κ3) is 4.22. The van der Waals surface area contributed by atoms with E-state index in [1.165, 1.54) is 16.7 Å². The highest BCUT2D eigenvalue weighted by atomic mass is 32.1. The zero-order valence-corrected chi connectivity index (χ0v) is 15.3. The largest absolute Gasteiger partial charge is 0.377 e. The van der Waals surface area contributed by atoms with Crippen molar-refractivity contribution in [2.24, 2.45) is 0 Å². The highest BCUT2D eigenvalue weighted by Gasteiger charge is 2.17. The van der Waals surface area contributed by atoms with Gasteiger partial charge >= 0.3 is 0 Å². The first kappa shape index (κ1) is 17.5. The van der Waals surface area contributed by atoms with Crippen molar-refractivity contribution in [1.29, 1.82) is 0 Å². The fourth-order valence-electron chi connectivity index (χ4n) is 2.57. The predicted octanol–water partition coefficient (Wildman–Crippen LogP) is 2.80. The maximum atomic E-state index is 12.2. The fraction of sp³-hybridized carbons (Fsp3) is 0.353. The fourth-order valence-corrected chi connectivity index (χ4v) is 3.29. The number of carbonyl (C=O) groups is 1. The van der Waals surface area contributed by atoms with Crippen LogP contribution in [0.2, 0.25) is 0 Å². The van der Waals surface area contributed by atoms with Gasteiger partial charge in [-0.25, -0.2) is 0 Å². The summed E-state index contributed by atoms with van der Waals surface area (Å²) in [6, 6.07) is 10.3. The number of hydrogen-bond acceptors (Lipinski definition) is 6. The summed E-state index contributed by atoms with van der Waals surface area (Å²) in [5, 5.41) is 13.1. The number of H-pyrrole nitrogens is 1. The molecule has 2 heterocycles. The van der Waals surface area contributed by atoms with Crippen molar-refractivity contribution in [2.75, 3.05) is 26.0 Å². The van der Waals surface area contributed by atoms with Gasteiger partial charge in [0.15, 0.2) is 0 Å². The van der Waals surface area contributed by atoms with E-state index in [0.717, 1.165) is 16.2 Å². The summed E-state index contributed by atoms with van der Waals surface area (Å²) in [5.74, 6) is -0.120. The van der Waals surface area contributed by atoms with Crippen LogP contribution in [0.25, 0.3) is 10.9 Å². The number of nitrogens with zero attached hydrogens (tertiary/aromatic N) is 3.